The molecule has 1 aliphatic rings. The Morgan fingerprint density at radius 3 is 2.85 bits per heavy atom. The molecule has 5 heteroatoms. The predicted octanol–water partition coefficient (Wildman–Crippen LogP) is 1.91. The van der Waals surface area contributed by atoms with Crippen molar-refractivity contribution in [2.75, 3.05) is 13.2 Å². The summed E-state index contributed by atoms with van der Waals surface area (Å²) in [5, 5.41) is 7.91. The minimum absolute atomic E-state index is 0.0227. The second-order valence-electron chi connectivity index (χ2n) is 4.86. The minimum Gasteiger partial charge on any atom is -0.486 e. The Balaban J connectivity index is 1.83. The Bertz CT molecular complexity index is 582. The van der Waals surface area contributed by atoms with Gasteiger partial charge < -0.3 is 14.8 Å². The van der Waals surface area contributed by atoms with Gasteiger partial charge in [0, 0.05) is 13.2 Å². The van der Waals surface area contributed by atoms with Gasteiger partial charge in [-0.25, -0.2) is 0 Å². The van der Waals surface area contributed by atoms with E-state index in [9.17, 15) is 0 Å². The molecule has 0 radical (unpaired) electrons. The largest absolute Gasteiger partial charge is 0.486 e. The van der Waals surface area contributed by atoms with Crippen LogP contribution < -0.4 is 14.8 Å². The van der Waals surface area contributed by atoms with Crippen LogP contribution in [-0.4, -0.2) is 29.0 Å². The summed E-state index contributed by atoms with van der Waals surface area (Å²) in [6.45, 7) is 3.45. The van der Waals surface area contributed by atoms with Crippen LogP contribution in [0.3, 0.4) is 0 Å². The first kappa shape index (κ1) is 13.0. The lowest BCUT2D eigenvalue weighted by Crippen LogP contribution is -2.42. The number of rotatable bonds is 4. The Hall–Kier alpha value is -2.01. The van der Waals surface area contributed by atoms with Gasteiger partial charge in [-0.2, -0.15) is 5.10 Å². The quantitative estimate of drug-likeness (QED) is 0.924. The van der Waals surface area contributed by atoms with Crippen LogP contribution in [-0.2, 0) is 7.05 Å². The van der Waals surface area contributed by atoms with E-state index in [1.54, 1.807) is 4.68 Å². The van der Waals surface area contributed by atoms with E-state index in [2.05, 4.69) is 17.3 Å². The number of nitrogens with one attached hydrogen (secondary N) is 1. The van der Waals surface area contributed by atoms with Crippen molar-refractivity contribution in [3.63, 3.8) is 0 Å². The Morgan fingerprint density at radius 1 is 1.35 bits per heavy atom. The summed E-state index contributed by atoms with van der Waals surface area (Å²) < 4.78 is 13.7. The SMILES string of the molecule is CCNC(c1ccn(C)n1)C1COc2ccccc2O1. The molecule has 0 fully saturated rings. The van der Waals surface area contributed by atoms with Crippen LogP contribution in [0.4, 0.5) is 0 Å². The normalized spacial score (nSPS) is 18.8. The molecule has 0 spiro atoms. The van der Waals surface area contributed by atoms with Gasteiger partial charge in [0.15, 0.2) is 17.6 Å². The molecular formula is C15H19N3O2. The van der Waals surface area contributed by atoms with E-state index < -0.39 is 0 Å². The molecule has 1 aromatic heterocycles. The van der Waals surface area contributed by atoms with Crippen molar-refractivity contribution in [2.24, 2.45) is 7.05 Å². The summed E-state index contributed by atoms with van der Waals surface area (Å²) in [7, 11) is 1.92. The van der Waals surface area contributed by atoms with Gasteiger partial charge in [-0.3, -0.25) is 4.68 Å². The Labute approximate surface area is 118 Å². The molecule has 0 saturated carbocycles. The van der Waals surface area contributed by atoms with Gasteiger partial charge in [0.1, 0.15) is 6.61 Å². The molecule has 0 saturated heterocycles. The monoisotopic (exact) mass is 273 g/mol. The van der Waals surface area contributed by atoms with E-state index in [1.807, 2.05) is 43.6 Å². The third-order valence-electron chi connectivity index (χ3n) is 3.38. The van der Waals surface area contributed by atoms with Crippen molar-refractivity contribution in [3.8, 4) is 11.5 Å². The maximum Gasteiger partial charge on any atom is 0.161 e. The summed E-state index contributed by atoms with van der Waals surface area (Å²) in [4.78, 5) is 0. The Kier molecular flexibility index (Phi) is 3.60. The zero-order valence-electron chi connectivity index (χ0n) is 11.7. The summed E-state index contributed by atoms with van der Waals surface area (Å²) in [5.41, 5.74) is 0.974. The Morgan fingerprint density at radius 2 is 2.15 bits per heavy atom. The molecule has 0 amide bonds. The molecule has 2 unspecified atom stereocenters. The number of likely N-dealkylation sites (N-methyl/N-ethyl adjacent to an activating group) is 1. The number of aromatic nitrogens is 2. The van der Waals surface area contributed by atoms with Crippen molar-refractivity contribution < 1.29 is 9.47 Å². The number of hydrogen-bond acceptors (Lipinski definition) is 4. The number of para-hydroxylation sites is 2. The maximum atomic E-state index is 6.07. The van der Waals surface area contributed by atoms with Crippen molar-refractivity contribution in [2.45, 2.75) is 19.1 Å². The highest BCUT2D eigenvalue weighted by Crippen LogP contribution is 2.34. The van der Waals surface area contributed by atoms with Gasteiger partial charge >= 0.3 is 0 Å². The van der Waals surface area contributed by atoms with E-state index in [-0.39, 0.29) is 12.1 Å². The van der Waals surface area contributed by atoms with Gasteiger partial charge in [-0.05, 0) is 24.7 Å². The number of fused-ring (bicyclic) bond motifs is 1. The second-order valence-corrected chi connectivity index (χ2v) is 4.86. The first-order chi connectivity index (χ1) is 9.78. The molecule has 0 bridgehead atoms. The van der Waals surface area contributed by atoms with Crippen molar-refractivity contribution in [1.29, 1.82) is 0 Å². The molecule has 20 heavy (non-hydrogen) atoms. The molecule has 1 aliphatic heterocycles. The molecule has 1 aromatic carbocycles. The third-order valence-corrected chi connectivity index (χ3v) is 3.38. The average molecular weight is 273 g/mol. The lowest BCUT2D eigenvalue weighted by Gasteiger charge is -2.31. The fourth-order valence-corrected chi connectivity index (χ4v) is 2.45. The van der Waals surface area contributed by atoms with Gasteiger partial charge in [0.2, 0.25) is 0 Å². The first-order valence-electron chi connectivity index (χ1n) is 6.89. The molecule has 2 atom stereocenters. The lowest BCUT2D eigenvalue weighted by atomic mass is 10.1. The zero-order chi connectivity index (χ0) is 13.9. The molecule has 0 aliphatic carbocycles. The summed E-state index contributed by atoms with van der Waals surface area (Å²) >= 11 is 0. The number of hydrogen-bond donors (Lipinski definition) is 1. The number of ether oxygens (including phenoxy) is 2. The van der Waals surface area contributed by atoms with Gasteiger partial charge in [0.05, 0.1) is 11.7 Å². The molecule has 5 nitrogen and oxygen atoms in total. The average Bonchev–Trinajstić information content (AvgIpc) is 2.90. The molecule has 1 N–H and O–H groups in total. The highest BCUT2D eigenvalue weighted by molar-refractivity contribution is 5.41. The van der Waals surface area contributed by atoms with E-state index in [1.165, 1.54) is 0 Å². The first-order valence-corrected chi connectivity index (χ1v) is 6.89. The summed E-state index contributed by atoms with van der Waals surface area (Å²) in [6.07, 6.45) is 1.86. The summed E-state index contributed by atoms with van der Waals surface area (Å²) in [5.74, 6) is 1.60. The van der Waals surface area contributed by atoms with Crippen molar-refractivity contribution in [1.82, 2.24) is 15.1 Å². The molecule has 2 heterocycles. The number of nitrogens with zero attached hydrogens (tertiary/aromatic N) is 2. The van der Waals surface area contributed by atoms with Crippen LogP contribution in [0, 0.1) is 0 Å². The molecular weight excluding hydrogens is 254 g/mol. The molecule has 3 rings (SSSR count). The van der Waals surface area contributed by atoms with Crippen molar-refractivity contribution >= 4 is 0 Å². The maximum absolute atomic E-state index is 6.07. The van der Waals surface area contributed by atoms with Gasteiger partial charge in [0.25, 0.3) is 0 Å². The van der Waals surface area contributed by atoms with Crippen LogP contribution in [0.25, 0.3) is 0 Å². The number of benzene rings is 1. The van der Waals surface area contributed by atoms with Gasteiger partial charge in [-0.15, -0.1) is 0 Å². The number of aryl methyl sites for hydroxylation is 1. The summed E-state index contributed by atoms with van der Waals surface area (Å²) in [6, 6.07) is 9.79. The van der Waals surface area contributed by atoms with Crippen LogP contribution in [0.2, 0.25) is 0 Å². The predicted molar refractivity (Wildman–Crippen MR) is 76.0 cm³/mol. The van der Waals surface area contributed by atoms with Crippen LogP contribution >= 0.6 is 0 Å². The highest BCUT2D eigenvalue weighted by atomic mass is 16.6. The molecule has 106 valence electrons. The lowest BCUT2D eigenvalue weighted by molar-refractivity contribution is 0.0608. The van der Waals surface area contributed by atoms with Crippen LogP contribution in [0.15, 0.2) is 36.5 Å². The van der Waals surface area contributed by atoms with E-state index in [0.717, 1.165) is 23.7 Å². The van der Waals surface area contributed by atoms with Crippen molar-refractivity contribution in [3.05, 3.63) is 42.2 Å². The van der Waals surface area contributed by atoms with Crippen LogP contribution in [0.5, 0.6) is 11.5 Å². The minimum atomic E-state index is -0.0836. The smallest absolute Gasteiger partial charge is 0.161 e. The zero-order valence-corrected chi connectivity index (χ0v) is 11.7. The fraction of sp³-hybridized carbons (Fsp3) is 0.400. The topological polar surface area (TPSA) is 48.3 Å². The standard InChI is InChI=1S/C15H19N3O2/c1-3-16-15(11-8-9-18(2)17-11)14-10-19-12-6-4-5-7-13(12)20-14/h4-9,14-16H,3,10H2,1-2H3. The van der Waals surface area contributed by atoms with Gasteiger partial charge in [-0.1, -0.05) is 19.1 Å². The second kappa shape index (κ2) is 5.54. The third kappa shape index (κ3) is 2.49. The highest BCUT2D eigenvalue weighted by Gasteiger charge is 2.30. The van der Waals surface area contributed by atoms with Crippen LogP contribution in [0.1, 0.15) is 18.7 Å². The van der Waals surface area contributed by atoms with E-state index in [0.29, 0.717) is 6.61 Å². The molecule has 2 aromatic rings. The van der Waals surface area contributed by atoms with E-state index in [4.69, 9.17) is 9.47 Å². The fourth-order valence-electron chi connectivity index (χ4n) is 2.45. The van der Waals surface area contributed by atoms with E-state index >= 15 is 0 Å².